The Labute approximate surface area is 301 Å². The minimum Gasteiger partial charge on any atom is -0.432 e. The van der Waals surface area contributed by atoms with Gasteiger partial charge in [-0.3, -0.25) is 19.2 Å². The summed E-state index contributed by atoms with van der Waals surface area (Å²) < 4.78 is 57.8. The molecule has 2 aromatic carbocycles. The molecule has 14 nitrogen and oxygen atoms in total. The molecule has 0 aliphatic heterocycles. The summed E-state index contributed by atoms with van der Waals surface area (Å²) in [4.78, 5) is 52.8. The number of pyridine rings is 2. The van der Waals surface area contributed by atoms with Crippen molar-refractivity contribution >= 4 is 75.5 Å². The second-order valence-corrected chi connectivity index (χ2v) is 10.4. The first-order chi connectivity index (χ1) is 24.0. The van der Waals surface area contributed by atoms with Crippen LogP contribution in [0.5, 0.6) is 11.5 Å². The van der Waals surface area contributed by atoms with Crippen LogP contribution in [0, 0.1) is 0 Å². The van der Waals surface area contributed by atoms with E-state index in [1.807, 2.05) is 0 Å². The quantitative estimate of drug-likeness (QED) is 0.0696. The lowest BCUT2D eigenvalue weighted by Gasteiger charge is -2.17. The lowest BCUT2D eigenvalue weighted by Crippen LogP contribution is -2.20. The van der Waals surface area contributed by atoms with Crippen molar-refractivity contribution in [2.45, 2.75) is 13.2 Å². The number of anilines is 3. The Bertz CT molecular complexity index is 1890. The van der Waals surface area contributed by atoms with Gasteiger partial charge >= 0.3 is 13.2 Å². The monoisotopic (exact) mass is 776 g/mol. The summed E-state index contributed by atoms with van der Waals surface area (Å²) >= 11 is 17.1. The zero-order valence-corrected chi connectivity index (χ0v) is 28.4. The molecule has 4 rings (SSSR count). The van der Waals surface area contributed by atoms with Crippen LogP contribution in [0.2, 0.25) is 15.3 Å². The number of amides is 4. The molecular formula is C30H27Cl3F4N8O6. The molecule has 0 spiro atoms. The number of rotatable bonds is 10. The Morgan fingerprint density at radius 3 is 1.67 bits per heavy atom. The van der Waals surface area contributed by atoms with Gasteiger partial charge in [0.2, 0.25) is 0 Å². The Hall–Kier alpha value is -5.59. The molecule has 0 aliphatic carbocycles. The van der Waals surface area contributed by atoms with E-state index in [1.54, 1.807) is 0 Å². The molecule has 272 valence electrons. The second-order valence-electron chi connectivity index (χ2n) is 9.21. The number of nitrogens with zero attached hydrogens (tertiary/aromatic N) is 2. The third kappa shape index (κ3) is 12.4. The van der Waals surface area contributed by atoms with E-state index in [9.17, 15) is 36.7 Å². The maximum Gasteiger partial charge on any atom is 0.387 e. The number of hydrogen-bond donors (Lipinski definition) is 6. The number of aromatic nitrogens is 2. The number of ether oxygens (including phenoxy) is 2. The maximum absolute atomic E-state index is 12.7. The number of hydrogen-bond acceptors (Lipinski definition) is 10. The smallest absolute Gasteiger partial charge is 0.387 e. The average molecular weight is 778 g/mol. The van der Waals surface area contributed by atoms with Gasteiger partial charge in [0.15, 0.2) is 11.5 Å². The van der Waals surface area contributed by atoms with Crippen LogP contribution in [0.4, 0.5) is 34.6 Å². The molecule has 4 amide bonds. The number of halogens is 7. The van der Waals surface area contributed by atoms with Crippen molar-refractivity contribution in [3.8, 4) is 11.5 Å². The molecule has 0 fully saturated rings. The first-order valence-corrected chi connectivity index (χ1v) is 14.8. The van der Waals surface area contributed by atoms with E-state index in [0.29, 0.717) is 10.6 Å². The van der Waals surface area contributed by atoms with Gasteiger partial charge in [0, 0.05) is 26.5 Å². The molecule has 0 radical (unpaired) electrons. The minimum absolute atomic E-state index is 0.00372. The van der Waals surface area contributed by atoms with Crippen molar-refractivity contribution < 1.29 is 46.2 Å². The first-order valence-electron chi connectivity index (χ1n) is 13.7. The Balaban J connectivity index is 0.000000292. The van der Waals surface area contributed by atoms with Crippen LogP contribution < -0.4 is 42.6 Å². The largest absolute Gasteiger partial charge is 0.432 e. The molecule has 0 saturated heterocycles. The predicted octanol–water partition coefficient (Wildman–Crippen LogP) is 5.26. The van der Waals surface area contributed by atoms with Crippen LogP contribution in [0.25, 0.3) is 0 Å². The number of alkyl halides is 4. The van der Waals surface area contributed by atoms with Crippen molar-refractivity contribution in [3.63, 3.8) is 0 Å². The van der Waals surface area contributed by atoms with E-state index in [0.717, 1.165) is 0 Å². The fraction of sp³-hybridized carbons (Fsp3) is 0.133. The van der Waals surface area contributed by atoms with E-state index in [-0.39, 0.29) is 55.7 Å². The van der Waals surface area contributed by atoms with Crippen LogP contribution in [0.1, 0.15) is 41.4 Å². The Morgan fingerprint density at radius 2 is 1.16 bits per heavy atom. The van der Waals surface area contributed by atoms with Crippen LogP contribution >= 0.6 is 34.8 Å². The zero-order chi connectivity index (χ0) is 38.4. The molecule has 4 aromatic rings. The Morgan fingerprint density at radius 1 is 0.686 bits per heavy atom. The predicted molar refractivity (Wildman–Crippen MR) is 181 cm³/mol. The number of para-hydroxylation sites is 2. The molecule has 2 aromatic heterocycles. The van der Waals surface area contributed by atoms with Crippen molar-refractivity contribution in [1.82, 2.24) is 20.6 Å². The number of carbonyl (C=O) groups excluding carboxylic acids is 4. The lowest BCUT2D eigenvalue weighted by molar-refractivity contribution is -0.0503. The maximum atomic E-state index is 12.7. The van der Waals surface area contributed by atoms with Crippen LogP contribution in [0.3, 0.4) is 0 Å². The molecule has 51 heavy (non-hydrogen) atoms. The number of primary amides is 2. The Kier molecular flexibility index (Phi) is 15.9. The van der Waals surface area contributed by atoms with Gasteiger partial charge in [-0.2, -0.15) is 17.6 Å². The number of carbonyl (C=O) groups is 4. The molecule has 0 aliphatic rings. The fourth-order valence-corrected chi connectivity index (χ4v) is 4.33. The summed E-state index contributed by atoms with van der Waals surface area (Å²) in [5, 5.41) is 8.24. The fourth-order valence-electron chi connectivity index (χ4n) is 3.72. The molecule has 0 saturated carbocycles. The molecule has 2 heterocycles. The number of benzene rings is 2. The molecule has 9 N–H and O–H groups in total. The van der Waals surface area contributed by atoms with E-state index in [4.69, 9.17) is 52.0 Å². The van der Waals surface area contributed by atoms with Crippen LogP contribution in [-0.2, 0) is 0 Å². The van der Waals surface area contributed by atoms with Gasteiger partial charge in [0.25, 0.3) is 23.6 Å². The number of nitrogens with two attached hydrogens (primary N) is 3. The van der Waals surface area contributed by atoms with Gasteiger partial charge in [0.1, 0.15) is 10.3 Å². The number of nitrogen functional groups attached to an aromatic ring is 1. The molecular weight excluding hydrogens is 751 g/mol. The summed E-state index contributed by atoms with van der Waals surface area (Å²) in [7, 11) is 2.94. The highest BCUT2D eigenvalue weighted by Crippen LogP contribution is 2.34. The average Bonchev–Trinajstić information content (AvgIpc) is 3.06. The molecule has 21 heteroatoms. The summed E-state index contributed by atoms with van der Waals surface area (Å²) in [5.74, 6) is -3.39. The molecule has 0 bridgehead atoms. The molecule has 0 atom stereocenters. The van der Waals surface area contributed by atoms with Gasteiger partial charge in [-0.05, 0) is 36.4 Å². The third-order valence-electron chi connectivity index (χ3n) is 5.91. The first kappa shape index (κ1) is 41.6. The highest BCUT2D eigenvalue weighted by atomic mass is 35.5. The lowest BCUT2D eigenvalue weighted by atomic mass is 10.1. The van der Waals surface area contributed by atoms with E-state index >= 15 is 0 Å². The van der Waals surface area contributed by atoms with Gasteiger partial charge in [-0.25, -0.2) is 9.97 Å². The third-order valence-corrected chi connectivity index (χ3v) is 6.63. The normalized spacial score (nSPS) is 10.2. The number of nitrogens with one attached hydrogen (secondary N) is 3. The SMILES string of the molecule is CNC(=O)c1cnc(Cl)cc1Cl.CNC(=O)c1cnc(Cl)cc1Nc1cccc(C(N)=O)c1OC(F)F.NC(=O)c1cccc(N)c1OC(F)F. The van der Waals surface area contributed by atoms with Crippen molar-refractivity contribution in [2.24, 2.45) is 11.5 Å². The summed E-state index contributed by atoms with van der Waals surface area (Å²) in [6.07, 6.45) is 2.55. The standard InChI is InChI=1S/C15H13ClF2N4O3.C8H8F2N2O2.C7H6Cl2N2O/c1-20-14(24)8-6-21-11(16)5-10(8)22-9-4-2-3-7(13(19)23)12(9)25-15(17)18;9-8(10)14-6-4(7(12)13)2-1-3-5(6)11;1-10-7(12)4-3-11-6(9)2-5(4)8/h2-6,15H,1H3,(H2,19,23)(H,20,24)(H,21,22);1-3,8H,11H2,(H2,12,13);2-3H,1H3,(H,10,12). The van der Waals surface area contributed by atoms with E-state index in [1.165, 1.54) is 75.0 Å². The van der Waals surface area contributed by atoms with E-state index < -0.39 is 36.7 Å². The van der Waals surface area contributed by atoms with Crippen molar-refractivity contribution in [3.05, 3.63) is 98.5 Å². The molecule has 0 unspecified atom stereocenters. The van der Waals surface area contributed by atoms with Crippen LogP contribution in [0.15, 0.2) is 60.9 Å². The van der Waals surface area contributed by atoms with Crippen molar-refractivity contribution in [2.75, 3.05) is 25.1 Å². The van der Waals surface area contributed by atoms with E-state index in [2.05, 4.69) is 35.4 Å². The van der Waals surface area contributed by atoms with Crippen molar-refractivity contribution in [1.29, 1.82) is 0 Å². The van der Waals surface area contributed by atoms with Crippen LogP contribution in [-0.4, -0.2) is 60.9 Å². The van der Waals surface area contributed by atoms with Gasteiger partial charge < -0.3 is 42.6 Å². The minimum atomic E-state index is -3.18. The topological polar surface area (TPSA) is 227 Å². The summed E-state index contributed by atoms with van der Waals surface area (Å²) in [6, 6.07) is 10.8. The second kappa shape index (κ2) is 19.6. The van der Waals surface area contributed by atoms with Gasteiger partial charge in [-0.1, -0.05) is 46.9 Å². The van der Waals surface area contributed by atoms with Gasteiger partial charge in [-0.15, -0.1) is 0 Å². The summed E-state index contributed by atoms with van der Waals surface area (Å²) in [6.45, 7) is -6.22. The summed E-state index contributed by atoms with van der Waals surface area (Å²) in [5.41, 5.74) is 15.6. The zero-order valence-electron chi connectivity index (χ0n) is 26.1. The highest BCUT2D eigenvalue weighted by Gasteiger charge is 2.20. The van der Waals surface area contributed by atoms with Gasteiger partial charge in [0.05, 0.1) is 44.3 Å². The highest BCUT2D eigenvalue weighted by molar-refractivity contribution is 6.36.